The summed E-state index contributed by atoms with van der Waals surface area (Å²) in [5, 5.41) is 5.60. The van der Waals surface area contributed by atoms with E-state index in [1.54, 1.807) is 12.3 Å². The summed E-state index contributed by atoms with van der Waals surface area (Å²) in [6, 6.07) is 1.69. The molecule has 2 atom stereocenters. The van der Waals surface area contributed by atoms with Crippen LogP contribution in [0.25, 0.3) is 33.1 Å². The Morgan fingerprint density at radius 3 is 2.74 bits per heavy atom. The predicted molar refractivity (Wildman–Crippen MR) is 193 cm³/mol. The number of fused-ring (bicyclic) bond motifs is 2. The molecule has 0 unspecified atom stereocenters. The van der Waals surface area contributed by atoms with Gasteiger partial charge in [-0.15, -0.1) is 0 Å². The highest BCUT2D eigenvalue weighted by atomic mass is 35.5. The average Bonchev–Trinajstić information content (AvgIpc) is 3.78. The molecule has 280 valence electrons. The molecule has 11 rings (SSSR count). The van der Waals surface area contributed by atoms with Crippen molar-refractivity contribution in [1.29, 1.82) is 0 Å². The van der Waals surface area contributed by atoms with E-state index in [4.69, 9.17) is 40.8 Å². The number of esters is 1. The van der Waals surface area contributed by atoms with Crippen LogP contribution in [-0.4, -0.2) is 105 Å². The van der Waals surface area contributed by atoms with Crippen LogP contribution in [0.1, 0.15) is 75.6 Å². The SMILES string of the molecule is CC(=O)OC12COCCCc3c(Cl)cc4c(cnn4C(C)=O)c3-c3ncc4c(nc(OC[C@@]56CCCN5C[C@H](F)C6)nc4c3F)N3CCCC(C3)(C1)C2. The number of rotatable bonds is 4. The number of piperidine rings is 1. The molecule has 9 heterocycles. The highest BCUT2D eigenvalue weighted by Gasteiger charge is 2.58. The highest BCUT2D eigenvalue weighted by molar-refractivity contribution is 6.33. The summed E-state index contributed by atoms with van der Waals surface area (Å²) in [5.74, 6) is -0.837. The number of hydrogen-bond acceptors (Lipinski definition) is 11. The molecule has 4 fully saturated rings. The van der Waals surface area contributed by atoms with Gasteiger partial charge in [0.15, 0.2) is 5.82 Å². The maximum atomic E-state index is 17.4. The van der Waals surface area contributed by atoms with Crippen molar-refractivity contribution in [2.24, 2.45) is 5.41 Å². The molecule has 15 heteroatoms. The van der Waals surface area contributed by atoms with Gasteiger partial charge in [0.1, 0.15) is 35.4 Å². The number of alkyl halides is 1. The minimum absolute atomic E-state index is 0.0155. The Morgan fingerprint density at radius 2 is 1.92 bits per heavy atom. The van der Waals surface area contributed by atoms with E-state index >= 15 is 4.39 Å². The maximum absolute atomic E-state index is 17.4. The van der Waals surface area contributed by atoms with Crippen LogP contribution in [0.3, 0.4) is 0 Å². The number of ether oxygens (including phenoxy) is 3. The lowest BCUT2D eigenvalue weighted by Gasteiger charge is -2.58. The van der Waals surface area contributed by atoms with Crippen LogP contribution in [0.4, 0.5) is 14.6 Å². The van der Waals surface area contributed by atoms with Crippen LogP contribution in [0, 0.1) is 11.2 Å². The van der Waals surface area contributed by atoms with Gasteiger partial charge in [0.05, 0.1) is 29.2 Å². The number of carbonyl (C=O) groups excluding carboxylic acids is 2. The molecule has 12 nitrogen and oxygen atoms in total. The van der Waals surface area contributed by atoms with Crippen molar-refractivity contribution in [2.45, 2.75) is 88.9 Å². The molecule has 1 aliphatic carbocycles. The largest absolute Gasteiger partial charge is 0.461 e. The van der Waals surface area contributed by atoms with Crippen LogP contribution in [0.5, 0.6) is 6.01 Å². The number of pyridine rings is 1. The molecule has 0 N–H and O–H groups in total. The van der Waals surface area contributed by atoms with E-state index < -0.39 is 23.1 Å². The molecule has 1 spiro atoms. The van der Waals surface area contributed by atoms with Crippen LogP contribution in [-0.2, 0) is 20.7 Å². The second-order valence-electron chi connectivity index (χ2n) is 15.9. The molecule has 3 saturated heterocycles. The van der Waals surface area contributed by atoms with Gasteiger partial charge in [0, 0.05) is 68.7 Å². The molecular weight excluding hydrogens is 708 g/mol. The van der Waals surface area contributed by atoms with Crippen molar-refractivity contribution in [2.75, 3.05) is 50.9 Å². The fourth-order valence-corrected chi connectivity index (χ4v) is 10.5. The first-order chi connectivity index (χ1) is 25.5. The van der Waals surface area contributed by atoms with Crippen molar-refractivity contribution in [3.8, 4) is 17.3 Å². The lowest BCUT2D eigenvalue weighted by molar-refractivity contribution is -0.205. The third-order valence-corrected chi connectivity index (χ3v) is 12.5. The molecule has 0 radical (unpaired) electrons. The minimum Gasteiger partial charge on any atom is -0.461 e. The predicted octanol–water partition coefficient (Wildman–Crippen LogP) is 6.09. The number of benzene rings is 1. The fourth-order valence-electron chi connectivity index (χ4n) is 10.2. The molecule has 0 amide bonds. The Hall–Kier alpha value is -4.01. The number of anilines is 1. The van der Waals surface area contributed by atoms with Gasteiger partial charge >= 0.3 is 12.0 Å². The number of hydrogen-bond donors (Lipinski definition) is 0. The number of carbonyl (C=O) groups is 2. The van der Waals surface area contributed by atoms with E-state index in [0.29, 0.717) is 96.6 Å². The summed E-state index contributed by atoms with van der Waals surface area (Å²) in [7, 11) is 0. The maximum Gasteiger partial charge on any atom is 0.319 e. The molecule has 53 heavy (non-hydrogen) atoms. The van der Waals surface area contributed by atoms with Gasteiger partial charge in [-0.3, -0.25) is 19.5 Å². The second-order valence-corrected chi connectivity index (χ2v) is 16.3. The molecule has 1 saturated carbocycles. The van der Waals surface area contributed by atoms with Crippen LogP contribution in [0.2, 0.25) is 5.02 Å². The third-order valence-electron chi connectivity index (χ3n) is 12.1. The van der Waals surface area contributed by atoms with Crippen molar-refractivity contribution in [1.82, 2.24) is 29.6 Å². The molecular formula is C38H42ClF2N7O5. The van der Waals surface area contributed by atoms with Crippen molar-refractivity contribution >= 4 is 51.1 Å². The van der Waals surface area contributed by atoms with E-state index in [-0.39, 0.29) is 47.7 Å². The monoisotopic (exact) mass is 749 g/mol. The summed E-state index contributed by atoms with van der Waals surface area (Å²) in [5.41, 5.74) is 0.191. The van der Waals surface area contributed by atoms with E-state index in [1.165, 1.54) is 24.7 Å². The summed E-state index contributed by atoms with van der Waals surface area (Å²) in [6.45, 7) is 6.09. The Balaban J connectivity index is 1.21. The van der Waals surface area contributed by atoms with E-state index in [2.05, 4.69) is 14.9 Å². The van der Waals surface area contributed by atoms with Crippen LogP contribution >= 0.6 is 11.6 Å². The van der Waals surface area contributed by atoms with Gasteiger partial charge in [-0.2, -0.15) is 15.1 Å². The normalized spacial score (nSPS) is 28.5. The Kier molecular flexibility index (Phi) is 8.39. The molecule has 7 aliphatic rings. The molecule has 6 aliphatic heterocycles. The molecule has 4 aromatic rings. The van der Waals surface area contributed by atoms with Crippen molar-refractivity contribution < 1.29 is 32.6 Å². The zero-order valence-corrected chi connectivity index (χ0v) is 30.7. The Labute approximate surface area is 310 Å². The third kappa shape index (κ3) is 5.83. The van der Waals surface area contributed by atoms with Crippen molar-refractivity contribution in [3.63, 3.8) is 0 Å². The Bertz CT molecular complexity index is 2160. The smallest absolute Gasteiger partial charge is 0.319 e. The zero-order valence-electron chi connectivity index (χ0n) is 29.9. The van der Waals surface area contributed by atoms with Gasteiger partial charge in [0.2, 0.25) is 5.91 Å². The van der Waals surface area contributed by atoms with Crippen LogP contribution in [0.15, 0.2) is 18.5 Å². The second kappa shape index (κ2) is 12.8. The first kappa shape index (κ1) is 34.7. The lowest BCUT2D eigenvalue weighted by Crippen LogP contribution is -2.62. The van der Waals surface area contributed by atoms with E-state index in [0.717, 1.165) is 32.2 Å². The highest BCUT2D eigenvalue weighted by Crippen LogP contribution is 2.56. The van der Waals surface area contributed by atoms with Gasteiger partial charge in [-0.05, 0) is 75.0 Å². The zero-order chi connectivity index (χ0) is 36.7. The van der Waals surface area contributed by atoms with Gasteiger partial charge < -0.3 is 19.1 Å². The fraction of sp³-hybridized carbons (Fsp3) is 0.579. The number of aromatic nitrogens is 5. The summed E-state index contributed by atoms with van der Waals surface area (Å²) in [6.07, 6.45) is 8.35. The molecule has 1 aromatic carbocycles. The van der Waals surface area contributed by atoms with Gasteiger partial charge in [-0.25, -0.2) is 13.5 Å². The van der Waals surface area contributed by atoms with Gasteiger partial charge in [-0.1, -0.05) is 11.6 Å². The van der Waals surface area contributed by atoms with E-state index in [1.807, 2.05) is 0 Å². The van der Waals surface area contributed by atoms with Crippen molar-refractivity contribution in [3.05, 3.63) is 34.9 Å². The minimum atomic E-state index is -0.929. The number of halogens is 3. The topological polar surface area (TPSA) is 125 Å². The summed E-state index contributed by atoms with van der Waals surface area (Å²) >= 11 is 6.95. The molecule has 7 bridgehead atoms. The quantitative estimate of drug-likeness (QED) is 0.225. The lowest BCUT2D eigenvalue weighted by atomic mass is 9.56. The Morgan fingerprint density at radius 1 is 1.09 bits per heavy atom. The average molecular weight is 750 g/mol. The van der Waals surface area contributed by atoms with E-state index in [9.17, 15) is 14.0 Å². The standard InChI is InChI=1S/C38H42ClF2N7O5/c1-22(49)48-29-12-28(39)25-6-3-11-51-21-38(53-23(2)50)17-36(18-38)7-4-9-46(19-36)34-27-14-42-33(30(25)26(29)15-43-48)31(41)32(27)44-35(45-34)52-20-37-8-5-10-47(37)16-24(40)13-37/h12,14-15,24H,3-11,13,16-21H2,1-2H3/t24-,36?,37+,38?/m1/s1. The summed E-state index contributed by atoms with van der Waals surface area (Å²) < 4.78 is 51.8. The molecule has 3 aromatic heterocycles. The first-order valence-corrected chi connectivity index (χ1v) is 19.0. The van der Waals surface area contributed by atoms with Gasteiger partial charge in [0.25, 0.3) is 0 Å². The summed E-state index contributed by atoms with van der Waals surface area (Å²) in [4.78, 5) is 43.5. The number of nitrogens with zero attached hydrogens (tertiary/aromatic N) is 7. The van der Waals surface area contributed by atoms with Crippen LogP contribution < -0.4 is 9.64 Å². The first-order valence-electron chi connectivity index (χ1n) is 18.6.